The summed E-state index contributed by atoms with van der Waals surface area (Å²) < 4.78 is 10.0. The Morgan fingerprint density at radius 1 is 0.875 bits per heavy atom. The van der Waals surface area contributed by atoms with Gasteiger partial charge in [-0.15, -0.1) is 11.8 Å². The van der Waals surface area contributed by atoms with Crippen LogP contribution < -0.4 is 20.7 Å². The van der Waals surface area contributed by atoms with Crippen LogP contribution in [0.1, 0.15) is 40.6 Å². The van der Waals surface area contributed by atoms with Crippen molar-refractivity contribution in [1.29, 1.82) is 0 Å². The van der Waals surface area contributed by atoms with Gasteiger partial charge in [-0.05, 0) is 60.7 Å². The summed E-state index contributed by atoms with van der Waals surface area (Å²) in [4.78, 5) is 45.6. The molecule has 0 fully saturated rings. The van der Waals surface area contributed by atoms with E-state index in [0.717, 1.165) is 27.7 Å². The van der Waals surface area contributed by atoms with Gasteiger partial charge in [0.2, 0.25) is 16.2 Å². The molecule has 9 nitrogen and oxygen atoms in total. The number of nitrogens with one attached hydrogen (secondary N) is 3. The van der Waals surface area contributed by atoms with Crippen molar-refractivity contribution in [2.24, 2.45) is 0 Å². The van der Waals surface area contributed by atoms with Gasteiger partial charge in [-0.1, -0.05) is 91.5 Å². The predicted molar refractivity (Wildman–Crippen MR) is 195 cm³/mol. The maximum absolute atomic E-state index is 13.7. The van der Waals surface area contributed by atoms with Crippen molar-refractivity contribution in [3.05, 3.63) is 132 Å². The number of anilines is 2. The summed E-state index contributed by atoms with van der Waals surface area (Å²) in [7, 11) is 0. The lowest BCUT2D eigenvalue weighted by Crippen LogP contribution is -2.30. The largest absolute Gasteiger partial charge is 0.493 e. The van der Waals surface area contributed by atoms with Crippen molar-refractivity contribution in [2.75, 3.05) is 23.0 Å². The summed E-state index contributed by atoms with van der Waals surface area (Å²) in [6, 6.07) is 32.6. The van der Waals surface area contributed by atoms with E-state index >= 15 is 0 Å². The van der Waals surface area contributed by atoms with Crippen LogP contribution >= 0.6 is 35.1 Å². The van der Waals surface area contributed by atoms with Crippen LogP contribution in [0.3, 0.4) is 0 Å². The molecule has 0 aliphatic carbocycles. The molecule has 1 unspecified atom stereocenters. The number of hydrogen-bond donors (Lipinski definition) is 3. The minimum atomic E-state index is -0.612. The molecule has 1 heterocycles. The Balaban J connectivity index is 1.38. The van der Waals surface area contributed by atoms with Gasteiger partial charge in [0.05, 0.1) is 6.61 Å². The number of carbonyl (C=O) groups is 3. The van der Waals surface area contributed by atoms with Gasteiger partial charge in [0.15, 0.2) is 0 Å². The van der Waals surface area contributed by atoms with Crippen LogP contribution in [0.4, 0.5) is 10.8 Å². The number of hydrogen-bond acceptors (Lipinski definition) is 9. The Hall–Kier alpha value is -4.91. The maximum Gasteiger partial charge on any atom is 0.272 e. The number of aromatic nitrogens is 2. The lowest BCUT2D eigenvalue weighted by atomic mass is 10.1. The number of para-hydroxylation sites is 1. The van der Waals surface area contributed by atoms with Crippen molar-refractivity contribution in [2.45, 2.75) is 29.1 Å². The topological polar surface area (TPSA) is 122 Å². The smallest absolute Gasteiger partial charge is 0.272 e. The van der Waals surface area contributed by atoms with Crippen LogP contribution in [0.5, 0.6) is 5.75 Å². The van der Waals surface area contributed by atoms with Crippen LogP contribution in [0.15, 0.2) is 125 Å². The second kappa shape index (κ2) is 17.3. The fourth-order valence-corrected chi connectivity index (χ4v) is 6.84. The number of amides is 3. The summed E-state index contributed by atoms with van der Waals surface area (Å²) in [6.45, 7) is 4.33. The lowest BCUT2D eigenvalue weighted by Gasteiger charge is -2.17. The van der Waals surface area contributed by atoms with Gasteiger partial charge < -0.3 is 15.4 Å². The van der Waals surface area contributed by atoms with E-state index in [2.05, 4.69) is 25.3 Å². The molecule has 0 saturated heterocycles. The maximum atomic E-state index is 13.7. The van der Waals surface area contributed by atoms with E-state index in [1.54, 1.807) is 54.6 Å². The van der Waals surface area contributed by atoms with Crippen molar-refractivity contribution >= 4 is 69.7 Å². The van der Waals surface area contributed by atoms with Gasteiger partial charge in [-0.25, -0.2) is 0 Å². The first kappa shape index (κ1) is 34.4. The minimum Gasteiger partial charge on any atom is -0.493 e. The third-order valence-corrected chi connectivity index (χ3v) is 9.37. The fourth-order valence-electron chi connectivity index (χ4n) is 4.49. The van der Waals surface area contributed by atoms with E-state index in [9.17, 15) is 14.4 Å². The summed E-state index contributed by atoms with van der Waals surface area (Å²) in [5.41, 5.74) is 2.37. The van der Waals surface area contributed by atoms with Crippen LogP contribution in [0.2, 0.25) is 0 Å². The standard InChI is InChI=1S/C36H33N5O4S3/c1-3-45-30-21-12-11-18-26(30)22-29(38-32(42)25-16-9-6-10-17-25)33(43)37-27-19-13-20-28(23-27)47-31(24-14-7-5-8-15-24)34(44)39-35-40-36(41-48-35)46-4-2/h5-23,31H,3-4H2,1-2H3,(H,37,43)(H,38,42)(H,39,40,41,44)/b29-22+. The normalized spacial score (nSPS) is 11.8. The molecule has 0 saturated carbocycles. The summed E-state index contributed by atoms with van der Waals surface area (Å²) in [5, 5.41) is 9.04. The monoisotopic (exact) mass is 695 g/mol. The molecule has 3 amide bonds. The van der Waals surface area contributed by atoms with E-state index in [-0.39, 0.29) is 11.6 Å². The molecule has 5 aromatic rings. The highest BCUT2D eigenvalue weighted by atomic mass is 32.2. The average Bonchev–Trinajstić information content (AvgIpc) is 3.55. The SMILES string of the molecule is CCOc1ccccc1/C=C(/NC(=O)c1ccccc1)C(=O)Nc1cccc(SC(C(=O)Nc2nc(SCC)ns2)c2ccccc2)c1. The van der Waals surface area contributed by atoms with Gasteiger partial charge in [-0.2, -0.15) is 9.36 Å². The molecule has 5 rings (SSSR count). The van der Waals surface area contributed by atoms with Gasteiger partial charge in [0, 0.05) is 33.2 Å². The molecular weight excluding hydrogens is 663 g/mol. The first-order chi connectivity index (χ1) is 23.4. The third kappa shape index (κ3) is 9.57. The highest BCUT2D eigenvalue weighted by Crippen LogP contribution is 2.37. The fraction of sp³-hybridized carbons (Fsp3) is 0.139. The quantitative estimate of drug-likeness (QED) is 0.0791. The number of benzene rings is 4. The molecule has 244 valence electrons. The number of carbonyl (C=O) groups excluding carboxylic acids is 3. The van der Waals surface area contributed by atoms with Crippen LogP contribution in [0, 0.1) is 0 Å². The first-order valence-corrected chi connectivity index (χ1v) is 17.8. The van der Waals surface area contributed by atoms with E-state index < -0.39 is 17.1 Å². The molecule has 4 aromatic carbocycles. The Labute approximate surface area is 291 Å². The Bertz CT molecular complexity index is 1880. The van der Waals surface area contributed by atoms with Crippen molar-refractivity contribution < 1.29 is 19.1 Å². The zero-order valence-electron chi connectivity index (χ0n) is 26.2. The number of ether oxygens (including phenoxy) is 1. The second-order valence-electron chi connectivity index (χ2n) is 10.0. The molecule has 0 bridgehead atoms. The highest BCUT2D eigenvalue weighted by molar-refractivity contribution is 8.00. The van der Waals surface area contributed by atoms with Gasteiger partial charge in [-0.3, -0.25) is 19.7 Å². The molecule has 0 aliphatic rings. The first-order valence-electron chi connectivity index (χ1n) is 15.1. The highest BCUT2D eigenvalue weighted by Gasteiger charge is 2.24. The average molecular weight is 696 g/mol. The molecule has 48 heavy (non-hydrogen) atoms. The van der Waals surface area contributed by atoms with Gasteiger partial charge in [0.25, 0.3) is 11.8 Å². The van der Waals surface area contributed by atoms with Crippen molar-refractivity contribution in [3.8, 4) is 5.75 Å². The lowest BCUT2D eigenvalue weighted by molar-refractivity contribution is -0.116. The molecule has 3 N–H and O–H groups in total. The van der Waals surface area contributed by atoms with E-state index in [1.165, 1.54) is 23.5 Å². The Morgan fingerprint density at radius 3 is 2.35 bits per heavy atom. The zero-order chi connectivity index (χ0) is 33.7. The number of rotatable bonds is 14. The van der Waals surface area contributed by atoms with Gasteiger partial charge in [0.1, 0.15) is 16.7 Å². The molecule has 1 atom stereocenters. The van der Waals surface area contributed by atoms with Crippen molar-refractivity contribution in [3.63, 3.8) is 0 Å². The Morgan fingerprint density at radius 2 is 1.60 bits per heavy atom. The molecule has 1 aromatic heterocycles. The molecule has 12 heteroatoms. The van der Waals surface area contributed by atoms with Gasteiger partial charge >= 0.3 is 0 Å². The van der Waals surface area contributed by atoms with E-state index in [0.29, 0.717) is 39.5 Å². The minimum absolute atomic E-state index is 0.0354. The molecule has 0 radical (unpaired) electrons. The number of nitrogens with zero attached hydrogens (tertiary/aromatic N) is 2. The van der Waals surface area contributed by atoms with Crippen LogP contribution in [0.25, 0.3) is 6.08 Å². The molecule has 0 aliphatic heterocycles. The van der Waals surface area contributed by atoms with E-state index in [1.807, 2.05) is 74.5 Å². The van der Waals surface area contributed by atoms with E-state index in [4.69, 9.17) is 4.74 Å². The van der Waals surface area contributed by atoms with Crippen LogP contribution in [-0.2, 0) is 9.59 Å². The second-order valence-corrected chi connectivity index (χ2v) is 13.2. The molecule has 0 spiro atoms. The summed E-state index contributed by atoms with van der Waals surface area (Å²) >= 11 is 3.99. The Kier molecular flexibility index (Phi) is 12.4. The zero-order valence-corrected chi connectivity index (χ0v) is 28.7. The number of thioether (sulfide) groups is 2. The van der Waals surface area contributed by atoms with Crippen molar-refractivity contribution in [1.82, 2.24) is 14.7 Å². The summed E-state index contributed by atoms with van der Waals surface area (Å²) in [6.07, 6.45) is 1.59. The third-order valence-electron chi connectivity index (χ3n) is 6.64. The summed E-state index contributed by atoms with van der Waals surface area (Å²) in [5.74, 6) is 0.213. The molecular formula is C36H33N5O4S3. The predicted octanol–water partition coefficient (Wildman–Crippen LogP) is 7.93. The van der Waals surface area contributed by atoms with Crippen LogP contribution in [-0.4, -0.2) is 39.4 Å².